The third-order valence-electron chi connectivity index (χ3n) is 4.71. The molecule has 0 aromatic carbocycles. The zero-order chi connectivity index (χ0) is 13.1. The fourth-order valence-electron chi connectivity index (χ4n) is 3.48. The zero-order valence-electron chi connectivity index (χ0n) is 12.0. The minimum atomic E-state index is 0.608. The first-order valence-electron chi connectivity index (χ1n) is 7.85. The summed E-state index contributed by atoms with van der Waals surface area (Å²) >= 11 is 0. The van der Waals surface area contributed by atoms with Crippen LogP contribution < -0.4 is 5.32 Å². The van der Waals surface area contributed by atoms with Crippen molar-refractivity contribution in [3.63, 3.8) is 0 Å². The molecule has 19 heavy (non-hydrogen) atoms. The van der Waals surface area contributed by atoms with Crippen LogP contribution in [0.2, 0.25) is 0 Å². The summed E-state index contributed by atoms with van der Waals surface area (Å²) in [4.78, 5) is 7.07. The lowest BCUT2D eigenvalue weighted by Gasteiger charge is -2.24. The highest BCUT2D eigenvalue weighted by molar-refractivity contribution is 5.27. The van der Waals surface area contributed by atoms with Crippen LogP contribution in [0.5, 0.6) is 0 Å². The number of likely N-dealkylation sites (tertiary alicyclic amines) is 1. The molecule has 0 amide bonds. The molecule has 1 atom stereocenters. The Kier molecular flexibility index (Phi) is 4.06. The molecule has 1 aliphatic carbocycles. The Morgan fingerprint density at radius 3 is 2.74 bits per heavy atom. The van der Waals surface area contributed by atoms with Gasteiger partial charge in [0, 0.05) is 31.0 Å². The van der Waals surface area contributed by atoms with Crippen LogP contribution in [0.4, 0.5) is 5.95 Å². The molecule has 2 fully saturated rings. The van der Waals surface area contributed by atoms with Crippen LogP contribution in [0, 0.1) is 0 Å². The number of imidazole rings is 1. The van der Waals surface area contributed by atoms with Crippen molar-refractivity contribution in [2.75, 3.05) is 25.0 Å². The van der Waals surface area contributed by atoms with Crippen LogP contribution in [-0.2, 0) is 0 Å². The second-order valence-electron chi connectivity index (χ2n) is 6.07. The molecular weight excluding hydrogens is 236 g/mol. The SMILES string of the molecule is CC(CNc1nccn1C1CCCC1)N1CCCC1. The van der Waals surface area contributed by atoms with Gasteiger partial charge in [0.15, 0.2) is 0 Å². The monoisotopic (exact) mass is 262 g/mol. The number of hydrogen-bond donors (Lipinski definition) is 1. The van der Waals surface area contributed by atoms with Crippen molar-refractivity contribution < 1.29 is 0 Å². The van der Waals surface area contributed by atoms with Crippen LogP contribution in [0.25, 0.3) is 0 Å². The molecule has 2 heterocycles. The molecule has 1 saturated carbocycles. The molecule has 2 aliphatic rings. The predicted octanol–water partition coefficient (Wildman–Crippen LogP) is 2.89. The quantitative estimate of drug-likeness (QED) is 0.885. The molecule has 4 nitrogen and oxygen atoms in total. The van der Waals surface area contributed by atoms with Crippen molar-refractivity contribution >= 4 is 5.95 Å². The van der Waals surface area contributed by atoms with Gasteiger partial charge >= 0.3 is 0 Å². The molecule has 0 spiro atoms. The molecule has 0 bridgehead atoms. The van der Waals surface area contributed by atoms with E-state index in [1.54, 1.807) is 0 Å². The molecule has 0 radical (unpaired) electrons. The van der Waals surface area contributed by atoms with Gasteiger partial charge in [-0.1, -0.05) is 12.8 Å². The summed E-state index contributed by atoms with van der Waals surface area (Å²) in [7, 11) is 0. The summed E-state index contributed by atoms with van der Waals surface area (Å²) in [6, 6.07) is 1.28. The highest BCUT2D eigenvalue weighted by atomic mass is 15.2. The Balaban J connectivity index is 1.56. The van der Waals surface area contributed by atoms with E-state index in [1.165, 1.54) is 51.6 Å². The van der Waals surface area contributed by atoms with Crippen LogP contribution in [-0.4, -0.2) is 40.1 Å². The van der Waals surface area contributed by atoms with E-state index < -0.39 is 0 Å². The van der Waals surface area contributed by atoms with Gasteiger partial charge in [-0.05, 0) is 45.7 Å². The maximum atomic E-state index is 4.49. The second kappa shape index (κ2) is 5.95. The summed E-state index contributed by atoms with van der Waals surface area (Å²) in [6.45, 7) is 5.85. The number of rotatable bonds is 5. The Bertz CT molecular complexity index is 389. The summed E-state index contributed by atoms with van der Waals surface area (Å²) in [5.74, 6) is 1.07. The summed E-state index contributed by atoms with van der Waals surface area (Å²) < 4.78 is 2.35. The van der Waals surface area contributed by atoms with E-state index in [4.69, 9.17) is 0 Å². The molecule has 1 aliphatic heterocycles. The molecule has 1 aromatic rings. The maximum Gasteiger partial charge on any atom is 0.203 e. The lowest BCUT2D eigenvalue weighted by Crippen LogP contribution is -2.36. The van der Waals surface area contributed by atoms with Crippen molar-refractivity contribution in [2.45, 2.75) is 57.5 Å². The minimum Gasteiger partial charge on any atom is -0.354 e. The summed E-state index contributed by atoms with van der Waals surface area (Å²) in [6.07, 6.45) is 12.2. The van der Waals surface area contributed by atoms with E-state index in [9.17, 15) is 0 Å². The molecule has 106 valence electrons. The highest BCUT2D eigenvalue weighted by Gasteiger charge is 2.21. The molecule has 4 heteroatoms. The van der Waals surface area contributed by atoms with Gasteiger partial charge in [0.25, 0.3) is 0 Å². The van der Waals surface area contributed by atoms with Gasteiger partial charge in [-0.3, -0.25) is 4.90 Å². The zero-order valence-corrected chi connectivity index (χ0v) is 12.0. The second-order valence-corrected chi connectivity index (χ2v) is 6.07. The largest absolute Gasteiger partial charge is 0.354 e. The lowest BCUT2D eigenvalue weighted by atomic mass is 10.2. The topological polar surface area (TPSA) is 33.1 Å². The Hall–Kier alpha value is -1.03. The number of anilines is 1. The first-order chi connectivity index (χ1) is 9.34. The first-order valence-corrected chi connectivity index (χ1v) is 7.85. The number of hydrogen-bond acceptors (Lipinski definition) is 3. The third-order valence-corrected chi connectivity index (χ3v) is 4.71. The predicted molar refractivity (Wildman–Crippen MR) is 78.5 cm³/mol. The van der Waals surface area contributed by atoms with Crippen molar-refractivity contribution in [3.05, 3.63) is 12.4 Å². The molecule has 3 rings (SSSR count). The number of nitrogens with zero attached hydrogens (tertiary/aromatic N) is 3. The van der Waals surface area contributed by atoms with Crippen molar-refractivity contribution in [3.8, 4) is 0 Å². The van der Waals surface area contributed by atoms with Gasteiger partial charge in [-0.25, -0.2) is 4.98 Å². The van der Waals surface area contributed by atoms with Crippen molar-refractivity contribution in [1.29, 1.82) is 0 Å². The fourth-order valence-corrected chi connectivity index (χ4v) is 3.48. The van der Waals surface area contributed by atoms with E-state index in [2.05, 4.69) is 32.9 Å². The maximum absolute atomic E-state index is 4.49. The Morgan fingerprint density at radius 1 is 1.26 bits per heavy atom. The van der Waals surface area contributed by atoms with Gasteiger partial charge in [0.05, 0.1) is 0 Å². The molecule has 1 N–H and O–H groups in total. The van der Waals surface area contributed by atoms with Crippen molar-refractivity contribution in [2.24, 2.45) is 0 Å². The first kappa shape index (κ1) is 13.0. The van der Waals surface area contributed by atoms with Crippen LogP contribution in [0.15, 0.2) is 12.4 Å². The van der Waals surface area contributed by atoms with E-state index in [1.807, 2.05) is 6.20 Å². The van der Waals surface area contributed by atoms with Crippen LogP contribution in [0.3, 0.4) is 0 Å². The normalized spacial score (nSPS) is 23.0. The Morgan fingerprint density at radius 2 is 2.00 bits per heavy atom. The van der Waals surface area contributed by atoms with E-state index in [0.29, 0.717) is 12.1 Å². The van der Waals surface area contributed by atoms with Gasteiger partial charge in [-0.2, -0.15) is 0 Å². The number of aromatic nitrogens is 2. The average molecular weight is 262 g/mol. The standard InChI is InChI=1S/C15H26N4/c1-13(18-9-4-5-10-18)12-17-15-16-8-11-19(15)14-6-2-3-7-14/h8,11,13-14H,2-7,9-10,12H2,1H3,(H,16,17). The van der Waals surface area contributed by atoms with E-state index in [-0.39, 0.29) is 0 Å². The molecule has 1 saturated heterocycles. The van der Waals surface area contributed by atoms with E-state index >= 15 is 0 Å². The van der Waals surface area contributed by atoms with Gasteiger partial charge in [0.2, 0.25) is 5.95 Å². The fraction of sp³-hybridized carbons (Fsp3) is 0.800. The summed E-state index contributed by atoms with van der Waals surface area (Å²) in [5, 5.41) is 3.56. The summed E-state index contributed by atoms with van der Waals surface area (Å²) in [5.41, 5.74) is 0. The van der Waals surface area contributed by atoms with Gasteiger partial charge in [-0.15, -0.1) is 0 Å². The molecule has 1 unspecified atom stereocenters. The third kappa shape index (κ3) is 2.94. The average Bonchev–Trinajstić information content (AvgIpc) is 3.14. The van der Waals surface area contributed by atoms with E-state index in [0.717, 1.165) is 12.5 Å². The molecular formula is C15H26N4. The number of nitrogens with one attached hydrogen (secondary N) is 1. The van der Waals surface area contributed by atoms with Crippen LogP contribution in [0.1, 0.15) is 51.5 Å². The van der Waals surface area contributed by atoms with Crippen molar-refractivity contribution in [1.82, 2.24) is 14.5 Å². The Labute approximate surface area is 116 Å². The van der Waals surface area contributed by atoms with Gasteiger partial charge in [0.1, 0.15) is 0 Å². The minimum absolute atomic E-state index is 0.608. The molecule has 1 aromatic heterocycles. The van der Waals surface area contributed by atoms with Crippen LogP contribution >= 0.6 is 0 Å². The smallest absolute Gasteiger partial charge is 0.203 e. The lowest BCUT2D eigenvalue weighted by molar-refractivity contribution is 0.268. The highest BCUT2D eigenvalue weighted by Crippen LogP contribution is 2.31. The van der Waals surface area contributed by atoms with Gasteiger partial charge < -0.3 is 9.88 Å².